The zero-order valence-electron chi connectivity index (χ0n) is 15.7. The number of aliphatic hydroxyl groups excluding tert-OH is 2. The molecule has 0 fully saturated rings. The molecule has 7 nitrogen and oxygen atoms in total. The number of nitrogens with zero attached hydrogens (tertiary/aromatic N) is 1. The van der Waals surface area contributed by atoms with Crippen molar-refractivity contribution in [3.05, 3.63) is 59.7 Å². The van der Waals surface area contributed by atoms with E-state index in [-0.39, 0.29) is 19.0 Å². The number of anilines is 1. The molecule has 0 amide bonds. The highest BCUT2D eigenvalue weighted by Gasteiger charge is 2.13. The van der Waals surface area contributed by atoms with E-state index in [1.807, 2.05) is 43.3 Å². The van der Waals surface area contributed by atoms with Crippen LogP contribution in [0.2, 0.25) is 0 Å². The van der Waals surface area contributed by atoms with Crippen molar-refractivity contribution in [1.29, 1.82) is 0 Å². The number of hydrogen-bond acceptors (Lipinski definition) is 7. The minimum absolute atomic E-state index is 0.115. The van der Waals surface area contributed by atoms with Gasteiger partial charge in [0.05, 0.1) is 19.8 Å². The van der Waals surface area contributed by atoms with Crippen LogP contribution in [0.25, 0.3) is 12.2 Å². The van der Waals surface area contributed by atoms with E-state index in [0.717, 1.165) is 23.4 Å². The molecule has 0 heterocycles. The normalized spacial score (nSPS) is 11.7. The monoisotopic (exact) mass is 407 g/mol. The van der Waals surface area contributed by atoms with Crippen LogP contribution in [0.15, 0.2) is 48.5 Å². The second-order valence-corrected chi connectivity index (χ2v) is 7.05. The van der Waals surface area contributed by atoms with Gasteiger partial charge in [-0.05, 0) is 42.3 Å². The second-order valence-electron chi connectivity index (χ2n) is 5.83. The molecule has 2 rings (SSSR count). The molecule has 0 aliphatic rings. The molecule has 2 aromatic rings. The predicted molar refractivity (Wildman–Crippen MR) is 109 cm³/mol. The molecule has 152 valence electrons. The number of rotatable bonds is 11. The van der Waals surface area contributed by atoms with Crippen molar-refractivity contribution < 1.29 is 27.0 Å². The Bertz CT molecular complexity index is 847. The Kier molecular flexibility index (Phi) is 8.46. The molecule has 0 atom stereocenters. The largest absolute Gasteiger partial charge is 0.449 e. The molecule has 0 aromatic heterocycles. The van der Waals surface area contributed by atoms with E-state index >= 15 is 0 Å². The first-order chi connectivity index (χ1) is 13.5. The van der Waals surface area contributed by atoms with Crippen molar-refractivity contribution in [2.45, 2.75) is 6.92 Å². The molecule has 0 unspecified atom stereocenters. The molecule has 8 heteroatoms. The van der Waals surface area contributed by atoms with Crippen LogP contribution >= 0.6 is 0 Å². The topological polar surface area (TPSA) is 96.3 Å². The molecule has 0 saturated carbocycles. The standard InChI is InChI=1S/C20H25NO6S/c1-2-21(13-14-22)19-9-5-17(6-10-19)3-4-18-7-11-20(12-8-18)27-28(24,25)26-16-15-23/h3-12,22-23H,2,13-16H2,1H3/b4-3+. The van der Waals surface area contributed by atoms with Gasteiger partial charge in [0.1, 0.15) is 5.75 Å². The van der Waals surface area contributed by atoms with Gasteiger partial charge in [-0.15, -0.1) is 0 Å². The fraction of sp³-hybridized carbons (Fsp3) is 0.300. The Morgan fingerprint density at radius 1 is 0.929 bits per heavy atom. The minimum atomic E-state index is -4.18. The fourth-order valence-electron chi connectivity index (χ4n) is 2.49. The molecule has 0 aliphatic heterocycles. The third-order valence-electron chi connectivity index (χ3n) is 3.88. The van der Waals surface area contributed by atoms with Gasteiger partial charge in [0.25, 0.3) is 0 Å². The highest BCUT2D eigenvalue weighted by Crippen LogP contribution is 2.19. The Hall–Kier alpha value is -2.39. The molecule has 2 N–H and O–H groups in total. The lowest BCUT2D eigenvalue weighted by molar-refractivity contribution is 0.190. The SMILES string of the molecule is CCN(CCO)c1ccc(/C=C/c2ccc(OS(=O)(=O)OCCO)cc2)cc1. The molecule has 0 bridgehead atoms. The number of likely N-dealkylation sites (N-methyl/N-ethyl adjacent to an activating group) is 1. The summed E-state index contributed by atoms with van der Waals surface area (Å²) in [6.07, 6.45) is 3.85. The van der Waals surface area contributed by atoms with Gasteiger partial charge in [0.2, 0.25) is 0 Å². The van der Waals surface area contributed by atoms with Crippen molar-refractivity contribution in [2.24, 2.45) is 0 Å². The van der Waals surface area contributed by atoms with Crippen LogP contribution < -0.4 is 9.08 Å². The van der Waals surface area contributed by atoms with Crippen molar-refractivity contribution in [3.8, 4) is 5.75 Å². The minimum Gasteiger partial charge on any atom is -0.395 e. The van der Waals surface area contributed by atoms with Crippen LogP contribution in [0.4, 0.5) is 5.69 Å². The number of hydrogen-bond donors (Lipinski definition) is 2. The Morgan fingerprint density at radius 2 is 1.50 bits per heavy atom. The van der Waals surface area contributed by atoms with Gasteiger partial charge in [0, 0.05) is 18.8 Å². The van der Waals surface area contributed by atoms with Crippen molar-refractivity contribution in [2.75, 3.05) is 37.8 Å². The van der Waals surface area contributed by atoms with Crippen molar-refractivity contribution in [1.82, 2.24) is 0 Å². The summed E-state index contributed by atoms with van der Waals surface area (Å²) >= 11 is 0. The maximum atomic E-state index is 11.5. The van der Waals surface area contributed by atoms with E-state index in [4.69, 9.17) is 14.4 Å². The van der Waals surface area contributed by atoms with Crippen LogP contribution in [0.5, 0.6) is 5.75 Å². The molecule has 0 radical (unpaired) electrons. The van der Waals surface area contributed by atoms with Gasteiger partial charge in [-0.3, -0.25) is 0 Å². The van der Waals surface area contributed by atoms with E-state index in [9.17, 15) is 8.42 Å². The quantitative estimate of drug-likeness (QED) is 0.552. The predicted octanol–water partition coefficient (Wildman–Crippen LogP) is 2.31. The van der Waals surface area contributed by atoms with Gasteiger partial charge in [0.15, 0.2) is 0 Å². The first kappa shape index (κ1) is 21.9. The van der Waals surface area contributed by atoms with Crippen LogP contribution in [0.1, 0.15) is 18.1 Å². The van der Waals surface area contributed by atoms with Crippen molar-refractivity contribution >= 4 is 28.2 Å². The maximum Gasteiger partial charge on any atom is 0.449 e. The average molecular weight is 407 g/mol. The molecule has 0 aliphatic carbocycles. The summed E-state index contributed by atoms with van der Waals surface area (Å²) in [5.74, 6) is 0.128. The molecule has 2 aromatic carbocycles. The maximum absolute atomic E-state index is 11.5. The van der Waals surface area contributed by atoms with Gasteiger partial charge < -0.3 is 19.3 Å². The lowest BCUT2D eigenvalue weighted by Gasteiger charge is -2.21. The fourth-order valence-corrected chi connectivity index (χ4v) is 3.17. The number of aliphatic hydroxyl groups is 2. The van der Waals surface area contributed by atoms with Gasteiger partial charge >= 0.3 is 10.4 Å². The summed E-state index contributed by atoms with van der Waals surface area (Å²) in [5.41, 5.74) is 2.95. The second kappa shape index (κ2) is 10.8. The van der Waals surface area contributed by atoms with E-state index in [1.165, 1.54) is 12.1 Å². The van der Waals surface area contributed by atoms with E-state index in [2.05, 4.69) is 9.08 Å². The summed E-state index contributed by atoms with van der Waals surface area (Å²) < 4.78 is 32.2. The summed E-state index contributed by atoms with van der Waals surface area (Å²) in [5, 5.41) is 17.7. The zero-order valence-corrected chi connectivity index (χ0v) is 16.5. The first-order valence-corrected chi connectivity index (χ1v) is 10.2. The zero-order chi connectivity index (χ0) is 20.4. The van der Waals surface area contributed by atoms with Gasteiger partial charge in [-0.25, -0.2) is 4.18 Å². The Labute approximate surface area is 165 Å². The Balaban J connectivity index is 1.99. The van der Waals surface area contributed by atoms with Gasteiger partial charge in [-0.1, -0.05) is 36.4 Å². The molecule has 0 saturated heterocycles. The molecule has 28 heavy (non-hydrogen) atoms. The summed E-state index contributed by atoms with van der Waals surface area (Å²) in [7, 11) is -4.18. The molecule has 0 spiro atoms. The lowest BCUT2D eigenvalue weighted by atomic mass is 10.1. The lowest BCUT2D eigenvalue weighted by Crippen LogP contribution is -2.25. The summed E-state index contributed by atoms with van der Waals surface area (Å²) in [4.78, 5) is 2.09. The third kappa shape index (κ3) is 6.97. The van der Waals surface area contributed by atoms with Crippen molar-refractivity contribution in [3.63, 3.8) is 0 Å². The third-order valence-corrected chi connectivity index (χ3v) is 4.73. The van der Waals surface area contributed by atoms with Crippen LogP contribution in [-0.4, -0.2) is 51.5 Å². The number of benzene rings is 2. The highest BCUT2D eigenvalue weighted by molar-refractivity contribution is 7.82. The van der Waals surface area contributed by atoms with Crippen LogP contribution in [0, 0.1) is 0 Å². The van der Waals surface area contributed by atoms with Crippen LogP contribution in [0.3, 0.4) is 0 Å². The average Bonchev–Trinajstić information content (AvgIpc) is 2.70. The molecular weight excluding hydrogens is 382 g/mol. The summed E-state index contributed by atoms with van der Waals surface area (Å²) in [6, 6.07) is 14.5. The van der Waals surface area contributed by atoms with E-state index in [1.54, 1.807) is 12.1 Å². The van der Waals surface area contributed by atoms with E-state index in [0.29, 0.717) is 6.54 Å². The van der Waals surface area contributed by atoms with E-state index < -0.39 is 17.0 Å². The highest BCUT2D eigenvalue weighted by atomic mass is 32.3. The van der Waals surface area contributed by atoms with Crippen LogP contribution in [-0.2, 0) is 14.6 Å². The first-order valence-electron chi connectivity index (χ1n) is 8.91. The smallest absolute Gasteiger partial charge is 0.395 e. The summed E-state index contributed by atoms with van der Waals surface area (Å²) in [6.45, 7) is 2.82. The molecular formula is C20H25NO6S. The van der Waals surface area contributed by atoms with Gasteiger partial charge in [-0.2, -0.15) is 8.42 Å². The Morgan fingerprint density at radius 3 is 2.00 bits per heavy atom.